The van der Waals surface area contributed by atoms with Gasteiger partial charge in [-0.15, -0.1) is 0 Å². The summed E-state index contributed by atoms with van der Waals surface area (Å²) in [5.41, 5.74) is 0.552. The topological polar surface area (TPSA) is 39.4 Å². The predicted octanol–water partition coefficient (Wildman–Crippen LogP) is 2.41. The highest BCUT2D eigenvalue weighted by atomic mass is 16.5. The molecule has 0 amide bonds. The molecule has 1 aromatic heterocycles. The first-order valence-corrected chi connectivity index (χ1v) is 4.53. The number of furan rings is 1. The average Bonchev–Trinajstić information content (AvgIpc) is 2.61. The molecule has 0 atom stereocenters. The van der Waals surface area contributed by atoms with E-state index >= 15 is 0 Å². The van der Waals surface area contributed by atoms with Crippen molar-refractivity contribution in [3.8, 4) is 0 Å². The van der Waals surface area contributed by atoms with Crippen molar-refractivity contribution >= 4 is 5.97 Å². The molecule has 1 rings (SSSR count). The Morgan fingerprint density at radius 2 is 2.31 bits per heavy atom. The van der Waals surface area contributed by atoms with Crippen molar-refractivity contribution in [1.82, 2.24) is 0 Å². The molecule has 3 heteroatoms. The third-order valence-corrected chi connectivity index (χ3v) is 1.72. The summed E-state index contributed by atoms with van der Waals surface area (Å²) < 4.78 is 10.1. The van der Waals surface area contributed by atoms with E-state index in [0.29, 0.717) is 24.4 Å². The van der Waals surface area contributed by atoms with Gasteiger partial charge in [-0.3, -0.25) is 0 Å². The molecule has 0 fully saturated rings. The van der Waals surface area contributed by atoms with Crippen LogP contribution in [0.3, 0.4) is 0 Å². The first kappa shape index (κ1) is 9.84. The fourth-order valence-corrected chi connectivity index (χ4v) is 1.07. The molecule has 0 spiro atoms. The van der Waals surface area contributed by atoms with Crippen LogP contribution in [0.2, 0.25) is 0 Å². The zero-order valence-electron chi connectivity index (χ0n) is 8.00. The number of hydrogen-bond donors (Lipinski definition) is 0. The SMILES string of the molecule is CCCOC(=O)c1ccoc1CC. The van der Waals surface area contributed by atoms with Gasteiger partial charge in [-0.2, -0.15) is 0 Å². The van der Waals surface area contributed by atoms with Crippen molar-refractivity contribution in [2.75, 3.05) is 6.61 Å². The highest BCUT2D eigenvalue weighted by Gasteiger charge is 2.13. The summed E-state index contributed by atoms with van der Waals surface area (Å²) >= 11 is 0. The predicted molar refractivity (Wildman–Crippen MR) is 48.7 cm³/mol. The lowest BCUT2D eigenvalue weighted by Crippen LogP contribution is -2.06. The van der Waals surface area contributed by atoms with Crippen molar-refractivity contribution in [1.29, 1.82) is 0 Å². The Morgan fingerprint density at radius 1 is 1.54 bits per heavy atom. The van der Waals surface area contributed by atoms with Gasteiger partial charge in [0.2, 0.25) is 0 Å². The second-order valence-electron chi connectivity index (χ2n) is 2.75. The van der Waals surface area contributed by atoms with Gasteiger partial charge in [0.15, 0.2) is 0 Å². The molecular weight excluding hydrogens is 168 g/mol. The van der Waals surface area contributed by atoms with Crippen LogP contribution in [0.1, 0.15) is 36.4 Å². The molecule has 72 valence electrons. The third kappa shape index (κ3) is 2.34. The molecule has 0 saturated carbocycles. The van der Waals surface area contributed by atoms with Crippen LogP contribution in [0, 0.1) is 0 Å². The molecule has 0 bridgehead atoms. The monoisotopic (exact) mass is 182 g/mol. The van der Waals surface area contributed by atoms with E-state index in [1.54, 1.807) is 6.07 Å². The molecule has 0 radical (unpaired) electrons. The summed E-state index contributed by atoms with van der Waals surface area (Å²) in [6, 6.07) is 1.65. The first-order chi connectivity index (χ1) is 6.29. The number of esters is 1. The van der Waals surface area contributed by atoms with E-state index in [9.17, 15) is 4.79 Å². The number of rotatable bonds is 4. The Bertz CT molecular complexity index is 275. The van der Waals surface area contributed by atoms with Gasteiger partial charge in [0, 0.05) is 6.42 Å². The minimum absolute atomic E-state index is 0.285. The molecule has 0 unspecified atom stereocenters. The number of carbonyl (C=O) groups is 1. The van der Waals surface area contributed by atoms with E-state index in [0.717, 1.165) is 6.42 Å². The number of aryl methyl sites for hydroxylation is 1. The van der Waals surface area contributed by atoms with Crippen molar-refractivity contribution in [2.24, 2.45) is 0 Å². The van der Waals surface area contributed by atoms with E-state index in [4.69, 9.17) is 9.15 Å². The van der Waals surface area contributed by atoms with Gasteiger partial charge in [-0.05, 0) is 12.5 Å². The molecule has 0 aliphatic heterocycles. The summed E-state index contributed by atoms with van der Waals surface area (Å²) in [7, 11) is 0. The number of ether oxygens (including phenoxy) is 1. The quantitative estimate of drug-likeness (QED) is 0.671. The fraction of sp³-hybridized carbons (Fsp3) is 0.500. The van der Waals surface area contributed by atoms with Gasteiger partial charge in [-0.1, -0.05) is 13.8 Å². The van der Waals surface area contributed by atoms with Gasteiger partial charge >= 0.3 is 5.97 Å². The van der Waals surface area contributed by atoms with E-state index in [1.165, 1.54) is 6.26 Å². The van der Waals surface area contributed by atoms with Gasteiger partial charge in [0.1, 0.15) is 11.3 Å². The van der Waals surface area contributed by atoms with Crippen molar-refractivity contribution in [2.45, 2.75) is 26.7 Å². The van der Waals surface area contributed by atoms with Crippen LogP contribution in [-0.2, 0) is 11.2 Å². The summed E-state index contributed by atoms with van der Waals surface area (Å²) in [4.78, 5) is 11.4. The summed E-state index contributed by atoms with van der Waals surface area (Å²) in [6.07, 6.45) is 3.07. The highest BCUT2D eigenvalue weighted by Crippen LogP contribution is 2.12. The smallest absolute Gasteiger partial charge is 0.341 e. The van der Waals surface area contributed by atoms with Crippen molar-refractivity contribution in [3.63, 3.8) is 0 Å². The maximum absolute atomic E-state index is 11.4. The maximum atomic E-state index is 11.4. The Balaban J connectivity index is 2.65. The number of carbonyl (C=O) groups excluding carboxylic acids is 1. The van der Waals surface area contributed by atoms with Crippen LogP contribution in [0.5, 0.6) is 0 Å². The standard InChI is InChI=1S/C10H14O3/c1-3-6-13-10(11)8-5-7-12-9(8)4-2/h5,7H,3-4,6H2,1-2H3. The van der Waals surface area contributed by atoms with Gasteiger partial charge in [-0.25, -0.2) is 4.79 Å². The summed E-state index contributed by atoms with van der Waals surface area (Å²) in [6.45, 7) is 4.37. The van der Waals surface area contributed by atoms with E-state index in [2.05, 4.69) is 0 Å². The largest absolute Gasteiger partial charge is 0.468 e. The van der Waals surface area contributed by atoms with Crippen LogP contribution in [0.15, 0.2) is 16.7 Å². The Kier molecular flexibility index (Phi) is 3.55. The molecule has 0 aromatic carbocycles. The second-order valence-corrected chi connectivity index (χ2v) is 2.75. The van der Waals surface area contributed by atoms with Gasteiger partial charge in [0.05, 0.1) is 12.9 Å². The van der Waals surface area contributed by atoms with Crippen LogP contribution in [0.4, 0.5) is 0 Å². The molecule has 0 aliphatic rings. The zero-order valence-corrected chi connectivity index (χ0v) is 8.00. The Morgan fingerprint density at radius 3 is 2.92 bits per heavy atom. The van der Waals surface area contributed by atoms with Crippen molar-refractivity contribution in [3.05, 3.63) is 23.7 Å². The minimum atomic E-state index is -0.285. The first-order valence-electron chi connectivity index (χ1n) is 4.53. The Labute approximate surface area is 77.7 Å². The Hall–Kier alpha value is -1.25. The molecule has 0 aliphatic carbocycles. The van der Waals surface area contributed by atoms with Crippen LogP contribution >= 0.6 is 0 Å². The molecule has 3 nitrogen and oxygen atoms in total. The van der Waals surface area contributed by atoms with E-state index < -0.39 is 0 Å². The minimum Gasteiger partial charge on any atom is -0.468 e. The van der Waals surface area contributed by atoms with Crippen LogP contribution in [0.25, 0.3) is 0 Å². The zero-order chi connectivity index (χ0) is 9.68. The van der Waals surface area contributed by atoms with Crippen LogP contribution < -0.4 is 0 Å². The fourth-order valence-electron chi connectivity index (χ4n) is 1.07. The third-order valence-electron chi connectivity index (χ3n) is 1.72. The van der Waals surface area contributed by atoms with Gasteiger partial charge in [0.25, 0.3) is 0 Å². The lowest BCUT2D eigenvalue weighted by atomic mass is 10.2. The maximum Gasteiger partial charge on any atom is 0.341 e. The van der Waals surface area contributed by atoms with Crippen LogP contribution in [-0.4, -0.2) is 12.6 Å². The average molecular weight is 182 g/mol. The molecule has 13 heavy (non-hydrogen) atoms. The lowest BCUT2D eigenvalue weighted by Gasteiger charge is -2.01. The summed E-state index contributed by atoms with van der Waals surface area (Å²) in [5.74, 6) is 0.411. The van der Waals surface area contributed by atoms with E-state index in [1.807, 2.05) is 13.8 Å². The highest BCUT2D eigenvalue weighted by molar-refractivity contribution is 5.90. The lowest BCUT2D eigenvalue weighted by molar-refractivity contribution is 0.0502. The molecular formula is C10H14O3. The van der Waals surface area contributed by atoms with Gasteiger partial charge < -0.3 is 9.15 Å². The molecule has 1 heterocycles. The second kappa shape index (κ2) is 4.70. The van der Waals surface area contributed by atoms with E-state index in [-0.39, 0.29) is 5.97 Å². The number of hydrogen-bond acceptors (Lipinski definition) is 3. The normalized spacial score (nSPS) is 10.0. The molecule has 0 N–H and O–H groups in total. The summed E-state index contributed by atoms with van der Waals surface area (Å²) in [5, 5.41) is 0. The molecule has 1 aromatic rings. The molecule has 0 saturated heterocycles. The van der Waals surface area contributed by atoms with Crippen molar-refractivity contribution < 1.29 is 13.9 Å².